The second-order valence-electron chi connectivity index (χ2n) is 7.54. The number of aromatic nitrogens is 5. The number of nitrogens with zero attached hydrogens (tertiary/aromatic N) is 5. The number of halogens is 1. The minimum atomic E-state index is 0.341. The number of fused-ring (bicyclic) bond motifs is 3. The summed E-state index contributed by atoms with van der Waals surface area (Å²) in [5.74, 6) is 0.805. The summed E-state index contributed by atoms with van der Waals surface area (Å²) in [5, 5.41) is 11.6. The zero-order chi connectivity index (χ0) is 21.4. The lowest BCUT2D eigenvalue weighted by molar-refractivity contribution is 0.301. The molecule has 0 saturated heterocycles. The average Bonchev–Trinajstić information content (AvgIpc) is 3.37. The van der Waals surface area contributed by atoms with Gasteiger partial charge < -0.3 is 9.30 Å². The van der Waals surface area contributed by atoms with Gasteiger partial charge in [0.1, 0.15) is 18.1 Å². The summed E-state index contributed by atoms with van der Waals surface area (Å²) in [6.07, 6.45) is 4.79. The molecule has 0 atom stereocenters. The van der Waals surface area contributed by atoms with E-state index in [1.165, 1.54) is 16.3 Å². The summed E-state index contributed by atoms with van der Waals surface area (Å²) >= 11 is 5.96. The average molecular weight is 432 g/mol. The monoisotopic (exact) mass is 431 g/mol. The van der Waals surface area contributed by atoms with Crippen LogP contribution in [0.4, 0.5) is 0 Å². The normalized spacial score (nSPS) is 11.5. The highest BCUT2D eigenvalue weighted by atomic mass is 35.5. The van der Waals surface area contributed by atoms with Crippen LogP contribution in [0.1, 0.15) is 24.7 Å². The zero-order valence-electron chi connectivity index (χ0n) is 17.4. The molecule has 5 aromatic rings. The number of ether oxygens (including phenoxy) is 1. The van der Waals surface area contributed by atoms with Gasteiger partial charge in [0.05, 0.1) is 28.6 Å². The van der Waals surface area contributed by atoms with Crippen molar-refractivity contribution in [3.63, 3.8) is 0 Å². The van der Waals surface area contributed by atoms with E-state index >= 15 is 0 Å². The Morgan fingerprint density at radius 3 is 2.68 bits per heavy atom. The molecule has 0 N–H and O–H groups in total. The molecule has 0 unspecified atom stereocenters. The molecule has 0 aliphatic carbocycles. The first-order chi connectivity index (χ1) is 15.1. The molecular weight excluding hydrogens is 410 g/mol. The molecule has 0 aliphatic rings. The SMILES string of the molecule is CCCn1c2cc(OCc3cn(-c4ccc(Cl)cc4)nn3)ccc2c2ccnc(C)c21. The summed E-state index contributed by atoms with van der Waals surface area (Å²) in [7, 11) is 0. The molecule has 0 saturated carbocycles. The molecule has 31 heavy (non-hydrogen) atoms. The van der Waals surface area contributed by atoms with Crippen LogP contribution < -0.4 is 4.74 Å². The van der Waals surface area contributed by atoms with Crippen LogP contribution in [0.3, 0.4) is 0 Å². The molecule has 0 fully saturated rings. The van der Waals surface area contributed by atoms with Crippen LogP contribution in [0.15, 0.2) is 60.9 Å². The van der Waals surface area contributed by atoms with Crippen molar-refractivity contribution in [2.24, 2.45) is 0 Å². The fourth-order valence-corrected chi connectivity index (χ4v) is 4.11. The highest BCUT2D eigenvalue weighted by molar-refractivity contribution is 6.30. The first-order valence-electron chi connectivity index (χ1n) is 10.3. The van der Waals surface area contributed by atoms with E-state index in [2.05, 4.69) is 51.9 Å². The van der Waals surface area contributed by atoms with E-state index in [-0.39, 0.29) is 0 Å². The van der Waals surface area contributed by atoms with Crippen molar-refractivity contribution in [2.75, 3.05) is 0 Å². The molecule has 0 bridgehead atoms. The Labute approximate surface area is 185 Å². The molecule has 3 aromatic heterocycles. The minimum Gasteiger partial charge on any atom is -0.487 e. The number of aryl methyl sites for hydroxylation is 2. The third-order valence-electron chi connectivity index (χ3n) is 5.39. The molecule has 5 rings (SSSR count). The van der Waals surface area contributed by atoms with Crippen molar-refractivity contribution >= 4 is 33.4 Å². The standard InChI is InChI=1S/C24H22ClN5O/c1-3-12-29-23-13-20(8-9-21(23)22-10-11-26-16(2)24(22)29)31-15-18-14-30(28-27-18)19-6-4-17(25)5-7-19/h4-11,13-14H,3,12,15H2,1-2H3. The van der Waals surface area contributed by atoms with Crippen LogP contribution >= 0.6 is 11.6 Å². The maximum atomic E-state index is 6.06. The van der Waals surface area contributed by atoms with Gasteiger partial charge in [-0.15, -0.1) is 5.10 Å². The lowest BCUT2D eigenvalue weighted by Crippen LogP contribution is -1.99. The van der Waals surface area contributed by atoms with Crippen molar-refractivity contribution in [3.8, 4) is 11.4 Å². The number of hydrogen-bond acceptors (Lipinski definition) is 4. The van der Waals surface area contributed by atoms with Gasteiger partial charge in [-0.2, -0.15) is 0 Å². The summed E-state index contributed by atoms with van der Waals surface area (Å²) in [4.78, 5) is 4.50. The molecule has 0 aliphatic heterocycles. The fraction of sp³-hybridized carbons (Fsp3) is 0.208. The van der Waals surface area contributed by atoms with Gasteiger partial charge in [0.25, 0.3) is 0 Å². The van der Waals surface area contributed by atoms with Gasteiger partial charge in [-0.1, -0.05) is 23.7 Å². The Bertz CT molecular complexity index is 1370. The first-order valence-corrected chi connectivity index (χ1v) is 10.7. The third kappa shape index (κ3) is 3.64. The van der Waals surface area contributed by atoms with E-state index in [4.69, 9.17) is 16.3 Å². The zero-order valence-corrected chi connectivity index (χ0v) is 18.2. The molecule has 3 heterocycles. The number of benzene rings is 2. The van der Waals surface area contributed by atoms with Crippen molar-refractivity contribution in [3.05, 3.63) is 77.3 Å². The van der Waals surface area contributed by atoms with Crippen molar-refractivity contribution in [2.45, 2.75) is 33.4 Å². The molecule has 0 spiro atoms. The van der Waals surface area contributed by atoms with Crippen LogP contribution in [0.2, 0.25) is 5.02 Å². The fourth-order valence-electron chi connectivity index (χ4n) is 3.99. The smallest absolute Gasteiger partial charge is 0.134 e. The molecule has 156 valence electrons. The minimum absolute atomic E-state index is 0.341. The number of hydrogen-bond donors (Lipinski definition) is 0. The third-order valence-corrected chi connectivity index (χ3v) is 5.65. The summed E-state index contributed by atoms with van der Waals surface area (Å²) in [5.41, 5.74) is 5.06. The maximum absolute atomic E-state index is 6.06. The molecule has 2 aromatic carbocycles. The molecular formula is C24H22ClN5O. The van der Waals surface area contributed by atoms with Crippen LogP contribution in [0.5, 0.6) is 5.75 Å². The van der Waals surface area contributed by atoms with Gasteiger partial charge >= 0.3 is 0 Å². The summed E-state index contributed by atoms with van der Waals surface area (Å²) in [6, 6.07) is 15.8. The molecule has 0 radical (unpaired) electrons. The predicted octanol–water partition coefficient (Wildman–Crippen LogP) is 5.72. The second-order valence-corrected chi connectivity index (χ2v) is 7.98. The Balaban J connectivity index is 1.42. The second kappa shape index (κ2) is 8.04. The quantitative estimate of drug-likeness (QED) is 0.345. The lowest BCUT2D eigenvalue weighted by atomic mass is 10.1. The van der Waals surface area contributed by atoms with Gasteiger partial charge in [-0.05, 0) is 55.8 Å². The van der Waals surface area contributed by atoms with Gasteiger partial charge in [0.2, 0.25) is 0 Å². The number of pyridine rings is 1. The Kier molecular flexibility index (Phi) is 5.08. The van der Waals surface area contributed by atoms with Gasteiger partial charge in [0, 0.05) is 34.6 Å². The van der Waals surface area contributed by atoms with Gasteiger partial charge in [-0.3, -0.25) is 4.98 Å². The first kappa shape index (κ1) is 19.6. The topological polar surface area (TPSA) is 57.8 Å². The molecule has 0 amide bonds. The Hall–Kier alpha value is -3.38. The van der Waals surface area contributed by atoms with E-state index < -0.39 is 0 Å². The largest absolute Gasteiger partial charge is 0.487 e. The van der Waals surface area contributed by atoms with E-state index in [1.807, 2.05) is 42.7 Å². The van der Waals surface area contributed by atoms with E-state index in [9.17, 15) is 0 Å². The maximum Gasteiger partial charge on any atom is 0.134 e. The molecule has 7 heteroatoms. The highest BCUT2D eigenvalue weighted by Crippen LogP contribution is 2.33. The summed E-state index contributed by atoms with van der Waals surface area (Å²) < 4.78 is 10.1. The van der Waals surface area contributed by atoms with Crippen molar-refractivity contribution < 1.29 is 4.74 Å². The van der Waals surface area contributed by atoms with Crippen LogP contribution in [0, 0.1) is 6.92 Å². The lowest BCUT2D eigenvalue weighted by Gasteiger charge is -2.08. The van der Waals surface area contributed by atoms with Gasteiger partial charge in [0.15, 0.2) is 0 Å². The van der Waals surface area contributed by atoms with E-state index in [0.29, 0.717) is 11.6 Å². The Morgan fingerprint density at radius 1 is 1.03 bits per heavy atom. The highest BCUT2D eigenvalue weighted by Gasteiger charge is 2.14. The molecule has 6 nitrogen and oxygen atoms in total. The number of rotatable bonds is 6. The predicted molar refractivity (Wildman–Crippen MR) is 123 cm³/mol. The van der Waals surface area contributed by atoms with E-state index in [0.717, 1.165) is 41.3 Å². The van der Waals surface area contributed by atoms with Crippen LogP contribution in [-0.4, -0.2) is 24.5 Å². The van der Waals surface area contributed by atoms with Crippen molar-refractivity contribution in [1.29, 1.82) is 0 Å². The van der Waals surface area contributed by atoms with Crippen LogP contribution in [0.25, 0.3) is 27.5 Å². The Morgan fingerprint density at radius 2 is 1.87 bits per heavy atom. The summed E-state index contributed by atoms with van der Waals surface area (Å²) in [6.45, 7) is 5.53. The van der Waals surface area contributed by atoms with E-state index in [1.54, 1.807) is 4.68 Å². The van der Waals surface area contributed by atoms with Crippen molar-refractivity contribution in [1.82, 2.24) is 24.5 Å². The van der Waals surface area contributed by atoms with Gasteiger partial charge in [-0.25, -0.2) is 4.68 Å². The van der Waals surface area contributed by atoms with Crippen LogP contribution in [-0.2, 0) is 13.2 Å².